The second-order valence-electron chi connectivity index (χ2n) is 18.5. The van der Waals surface area contributed by atoms with Gasteiger partial charge in [-0.05, 0) is 145 Å². The van der Waals surface area contributed by atoms with Crippen LogP contribution in [0, 0.1) is 0 Å². The van der Waals surface area contributed by atoms with Crippen molar-refractivity contribution in [3.63, 3.8) is 0 Å². The van der Waals surface area contributed by atoms with E-state index in [-0.39, 0.29) is 70.7 Å². The van der Waals surface area contributed by atoms with E-state index in [9.17, 15) is 37.1 Å². The van der Waals surface area contributed by atoms with Crippen molar-refractivity contribution in [2.75, 3.05) is 50.1 Å². The molecule has 6 heterocycles. The first-order valence-corrected chi connectivity index (χ1v) is 33.7. The Hall–Kier alpha value is -2.16. The van der Waals surface area contributed by atoms with Crippen LogP contribution < -0.4 is 21.7 Å². The summed E-state index contributed by atoms with van der Waals surface area (Å²) in [7, 11) is 7.11. The van der Waals surface area contributed by atoms with Gasteiger partial charge in [-0.1, -0.05) is 29.8 Å². The SMILES string of the molecule is CC(C)(C)OC(=O)N1C[C@H](F)C[C@H]1C(=O)Nc1cccc(Br)n1.CC(C)(C)OC(=O)N1C[C@H](F)C[C@H]1C(=O)O.CC(C)=C(Cl)N(C)C.Cl.Nc1cccc(Br)n1.O=C(Nc1cccc(Br)n1)[C@@H]1C[C@@H](F)CN1.S.S=S.S=S=S.S=S=S=S. The molecule has 3 saturated heterocycles. The summed E-state index contributed by atoms with van der Waals surface area (Å²) in [5, 5.41) is 17.7. The van der Waals surface area contributed by atoms with Crippen LogP contribution in [-0.2, 0) is 118 Å². The van der Waals surface area contributed by atoms with Gasteiger partial charge in [-0.15, -0.1) is 12.4 Å². The lowest BCUT2D eigenvalue weighted by Gasteiger charge is -2.27. The molecule has 0 aliphatic carbocycles. The van der Waals surface area contributed by atoms with Crippen molar-refractivity contribution in [3.8, 4) is 0 Å². The zero-order chi connectivity index (χ0) is 62.1. The number of anilines is 3. The maximum absolute atomic E-state index is 13.7. The molecule has 0 unspecified atom stereocenters. The van der Waals surface area contributed by atoms with E-state index in [1.165, 1.54) is 17.8 Å². The van der Waals surface area contributed by atoms with E-state index in [0.717, 1.165) is 34.0 Å². The van der Waals surface area contributed by atoms with Gasteiger partial charge in [0.1, 0.15) is 78.2 Å². The van der Waals surface area contributed by atoms with Gasteiger partial charge in [0.2, 0.25) is 11.8 Å². The van der Waals surface area contributed by atoms with Crippen molar-refractivity contribution in [2.24, 2.45) is 0 Å². The van der Waals surface area contributed by atoms with Crippen LogP contribution in [-0.4, -0.2) is 146 Å². The second kappa shape index (κ2) is 46.1. The molecule has 3 aromatic heterocycles. The van der Waals surface area contributed by atoms with Gasteiger partial charge < -0.3 is 41.2 Å². The van der Waals surface area contributed by atoms with Crippen LogP contribution in [0.4, 0.5) is 40.2 Å². The lowest BCUT2D eigenvalue weighted by Crippen LogP contribution is -2.45. The van der Waals surface area contributed by atoms with Gasteiger partial charge in [-0.2, -0.15) is 13.5 Å². The summed E-state index contributed by atoms with van der Waals surface area (Å²) in [5.74, 6) is -0.600. The fraction of sp³-hybridized carbons (Fsp3) is 0.522. The van der Waals surface area contributed by atoms with Gasteiger partial charge in [0.25, 0.3) is 0 Å². The number of aromatic nitrogens is 3. The Morgan fingerprint density at radius 2 is 1.10 bits per heavy atom. The first-order chi connectivity index (χ1) is 37.2. The lowest BCUT2D eigenvalue weighted by atomic mass is 10.2. The number of hydrogen-bond donors (Lipinski definition) is 5. The molecule has 0 bridgehead atoms. The summed E-state index contributed by atoms with van der Waals surface area (Å²) >= 11 is 39.6. The van der Waals surface area contributed by atoms with Crippen molar-refractivity contribution >= 4 is 226 Å². The topological polar surface area (TPSA) is 235 Å². The van der Waals surface area contributed by atoms with E-state index >= 15 is 0 Å². The third-order valence-electron chi connectivity index (χ3n) is 9.24. The molecule has 464 valence electrons. The number of carbonyl (C=O) groups excluding carboxylic acids is 4. The number of carboxylic acids is 1. The van der Waals surface area contributed by atoms with Crippen molar-refractivity contribution in [1.82, 2.24) is 35.0 Å². The van der Waals surface area contributed by atoms with Gasteiger partial charge in [-0.25, -0.2) is 42.5 Å². The molecule has 6 atom stereocenters. The van der Waals surface area contributed by atoms with Crippen LogP contribution in [0.25, 0.3) is 0 Å². The van der Waals surface area contributed by atoms with Gasteiger partial charge in [0, 0.05) is 134 Å². The fourth-order valence-electron chi connectivity index (χ4n) is 6.24. The largest absolute Gasteiger partial charge is 0.480 e. The summed E-state index contributed by atoms with van der Waals surface area (Å²) < 4.78 is 51.9. The number of nitrogens with one attached hydrogen (secondary N) is 3. The first kappa shape index (κ1) is 86.3. The molecule has 3 aromatic rings. The maximum atomic E-state index is 13.7. The molecule has 6 N–H and O–H groups in total. The number of ether oxygens (including phenoxy) is 2. The van der Waals surface area contributed by atoms with Crippen molar-refractivity contribution in [1.29, 1.82) is 0 Å². The van der Waals surface area contributed by atoms with Crippen LogP contribution in [0.3, 0.4) is 0 Å². The van der Waals surface area contributed by atoms with E-state index in [4.69, 9.17) is 31.9 Å². The average molecular weight is 1580 g/mol. The molecule has 0 aromatic carbocycles. The molecular formula is C46H66Br3Cl2F3N10O8S10. The van der Waals surface area contributed by atoms with Gasteiger partial charge in [-0.3, -0.25) is 19.4 Å². The van der Waals surface area contributed by atoms with Crippen LogP contribution in [0.15, 0.2) is 79.1 Å². The predicted octanol–water partition coefficient (Wildman–Crippen LogP) is 10.0. The fourth-order valence-corrected chi connectivity index (χ4v) is 7.28. The summed E-state index contributed by atoms with van der Waals surface area (Å²) in [5.41, 5.74) is 5.04. The monoisotopic (exact) mass is 1570 g/mol. The maximum Gasteiger partial charge on any atom is 0.411 e. The summed E-state index contributed by atoms with van der Waals surface area (Å²) in [6.07, 6.45) is -4.97. The highest BCUT2D eigenvalue weighted by Gasteiger charge is 2.43. The molecule has 0 saturated carbocycles. The Labute approximate surface area is 559 Å². The van der Waals surface area contributed by atoms with E-state index in [1.807, 2.05) is 45.0 Å². The van der Waals surface area contributed by atoms with Crippen molar-refractivity contribution in [2.45, 2.75) is 122 Å². The molecule has 0 radical (unpaired) electrons. The number of pyridine rings is 3. The highest BCUT2D eigenvalue weighted by molar-refractivity contribution is 9.11. The van der Waals surface area contributed by atoms with E-state index in [2.05, 4.69) is 146 Å². The number of nitrogens with two attached hydrogens (primary N) is 1. The van der Waals surface area contributed by atoms with Crippen LogP contribution in [0.5, 0.6) is 0 Å². The number of rotatable bonds is 6. The van der Waals surface area contributed by atoms with Crippen LogP contribution >= 0.6 is 85.3 Å². The molecule has 6 rings (SSSR count). The Morgan fingerprint density at radius 1 is 0.720 bits per heavy atom. The van der Waals surface area contributed by atoms with Crippen molar-refractivity contribution in [3.05, 3.63) is 79.1 Å². The second-order valence-corrected chi connectivity index (χ2v) is 26.6. The predicted molar refractivity (Wildman–Crippen MR) is 361 cm³/mol. The number of hydrogen-bond acceptors (Lipinski definition) is 19. The number of likely N-dealkylation sites (tertiary alicyclic amines) is 2. The van der Waals surface area contributed by atoms with Crippen LogP contribution in [0.1, 0.15) is 74.7 Å². The summed E-state index contributed by atoms with van der Waals surface area (Å²) in [6, 6.07) is 13.2. The zero-order valence-electron chi connectivity index (χ0n) is 45.7. The Morgan fingerprint density at radius 3 is 1.39 bits per heavy atom. The number of allylic oxidation sites excluding steroid dienone is 1. The average Bonchev–Trinajstić information content (AvgIpc) is 4.12. The minimum atomic E-state index is -1.30. The number of amides is 4. The van der Waals surface area contributed by atoms with Gasteiger partial charge >= 0.3 is 18.2 Å². The molecule has 3 aliphatic heterocycles. The number of carbonyl (C=O) groups is 5. The van der Waals surface area contributed by atoms with E-state index in [1.54, 1.807) is 84.0 Å². The molecule has 3 aliphatic rings. The normalized spacial score (nSPS) is 17.9. The Balaban J connectivity index is -0.000000462. The zero-order valence-corrected chi connectivity index (χ0v) is 60.4. The molecule has 82 heavy (non-hydrogen) atoms. The minimum absolute atomic E-state index is 0. The molecule has 3 fully saturated rings. The van der Waals surface area contributed by atoms with Crippen molar-refractivity contribution < 1.29 is 51.7 Å². The number of nitrogen functional groups attached to an aromatic ring is 1. The standard InChI is InChI=1S/C15H19BrFN3O3.C10H11BrFN3O.C10H16FNO4.C6H12ClN.C5H5BrN2.ClH.S4.S3.S2.H2S/c1-15(2,3)23-14(22)20-8-9(17)7-10(20)13(21)19-12-6-4-5-11(16)18-12;11-8-2-1-3-9(14-8)15-10(16)7-4-6(12)5-13-7;1-10(2,3)16-9(15)12-5-6(11)4-7(12)8(13)14;1-5(2)6(7)8(3)4;6-4-2-1-3-5(7)8-4;;1-3-4-2;1-3-2;1-2;/h4-6,9-10H,7-8H2,1-3H3,(H,18,19,21);1-3,6-7,13H,4-5H2,(H,14,15,16);6-7H,4-5H2,1-3H3,(H,13,14);1-4H3;1-3H,(H2,7,8);1H;;;;1H2/t9-,10+;2*6-,7+;;;;;;;/m111......./s1. The number of nitrogens with zero attached hydrogens (tertiary/aromatic N) is 6. The molecule has 4 amide bonds. The minimum Gasteiger partial charge on any atom is -0.480 e. The van der Waals surface area contributed by atoms with Gasteiger partial charge in [0.05, 0.1) is 19.1 Å². The third kappa shape index (κ3) is 39.5. The highest BCUT2D eigenvalue weighted by Crippen LogP contribution is 2.26. The van der Waals surface area contributed by atoms with E-state index < -0.39 is 71.9 Å². The Kier molecular flexibility index (Phi) is 48.5. The molecule has 18 nitrogen and oxygen atoms in total. The molecule has 36 heteroatoms. The number of halogens is 8. The number of aliphatic carboxylic acids is 1. The lowest BCUT2D eigenvalue weighted by molar-refractivity contribution is -0.142. The Bertz CT molecular complexity index is 2610. The molecular weight excluding hydrogens is 1510 g/mol. The quantitative estimate of drug-likeness (QED) is 0.114. The van der Waals surface area contributed by atoms with Gasteiger partial charge in [0.15, 0.2) is 0 Å². The number of carboxylic acid groups (broad SMARTS) is 1. The summed E-state index contributed by atoms with van der Waals surface area (Å²) in [6.45, 7) is 14.0. The summed E-state index contributed by atoms with van der Waals surface area (Å²) in [4.78, 5) is 74.6. The van der Waals surface area contributed by atoms with E-state index in [0.29, 0.717) is 26.7 Å². The smallest absolute Gasteiger partial charge is 0.411 e. The first-order valence-electron chi connectivity index (χ1n) is 23.0. The highest BCUT2D eigenvalue weighted by atomic mass is 79.9. The van der Waals surface area contributed by atoms with Crippen LogP contribution in [0.2, 0.25) is 0 Å². The third-order valence-corrected chi connectivity index (χ3v) is 13.5. The number of alkyl halides is 3. The molecule has 0 spiro atoms.